The Morgan fingerprint density at radius 2 is 1.75 bits per heavy atom. The van der Waals surface area contributed by atoms with Crippen LogP contribution in [0, 0.1) is 0 Å². The van der Waals surface area contributed by atoms with E-state index in [0.29, 0.717) is 22.3 Å². The average molecular weight is 311 g/mol. The second-order valence-electron chi connectivity index (χ2n) is 4.10. The highest BCUT2D eigenvalue weighted by molar-refractivity contribution is 6.42. The van der Waals surface area contributed by atoms with Crippen LogP contribution < -0.4 is 10.6 Å². The first-order valence-electron chi connectivity index (χ1n) is 5.82. The first kappa shape index (κ1) is 14.5. The van der Waals surface area contributed by atoms with E-state index in [1.165, 1.54) is 0 Å². The van der Waals surface area contributed by atoms with Crippen molar-refractivity contribution in [1.29, 1.82) is 0 Å². The molecule has 0 aromatic heterocycles. The first-order valence-corrected chi connectivity index (χ1v) is 6.58. The number of anilines is 1. The van der Waals surface area contributed by atoms with Crippen molar-refractivity contribution in [3.8, 4) is 5.75 Å². The van der Waals surface area contributed by atoms with Crippen molar-refractivity contribution in [1.82, 2.24) is 5.32 Å². The maximum Gasteiger partial charge on any atom is 0.319 e. The highest BCUT2D eigenvalue weighted by atomic mass is 35.5. The second-order valence-corrected chi connectivity index (χ2v) is 4.92. The van der Waals surface area contributed by atoms with Crippen molar-refractivity contribution in [3.05, 3.63) is 58.1 Å². The van der Waals surface area contributed by atoms with Crippen LogP contribution in [0.2, 0.25) is 10.0 Å². The number of carbonyl (C=O) groups is 1. The van der Waals surface area contributed by atoms with Gasteiger partial charge in [0.2, 0.25) is 0 Å². The zero-order valence-electron chi connectivity index (χ0n) is 10.4. The molecule has 0 aliphatic carbocycles. The number of benzene rings is 2. The van der Waals surface area contributed by atoms with E-state index in [4.69, 9.17) is 28.3 Å². The van der Waals surface area contributed by atoms with E-state index in [0.717, 1.165) is 5.56 Å². The highest BCUT2D eigenvalue weighted by Crippen LogP contribution is 2.24. The molecule has 6 heteroatoms. The zero-order chi connectivity index (χ0) is 14.5. The van der Waals surface area contributed by atoms with E-state index in [9.17, 15) is 4.79 Å². The van der Waals surface area contributed by atoms with Crippen molar-refractivity contribution in [2.24, 2.45) is 0 Å². The van der Waals surface area contributed by atoms with Gasteiger partial charge in [0, 0.05) is 12.2 Å². The molecule has 0 saturated carbocycles. The Morgan fingerprint density at radius 1 is 1.05 bits per heavy atom. The fourth-order valence-corrected chi connectivity index (χ4v) is 1.84. The lowest BCUT2D eigenvalue weighted by molar-refractivity contribution is 0.251. The van der Waals surface area contributed by atoms with Gasteiger partial charge in [-0.2, -0.15) is 0 Å². The molecule has 104 valence electrons. The van der Waals surface area contributed by atoms with E-state index in [1.807, 2.05) is 0 Å². The number of hydrogen-bond donors (Lipinski definition) is 3. The van der Waals surface area contributed by atoms with Crippen LogP contribution in [0.25, 0.3) is 0 Å². The Hall–Kier alpha value is -1.91. The van der Waals surface area contributed by atoms with Gasteiger partial charge in [-0.3, -0.25) is 0 Å². The number of rotatable bonds is 3. The largest absolute Gasteiger partial charge is 0.508 e. The predicted octanol–water partition coefficient (Wildman–Crippen LogP) is 4.02. The molecule has 0 aliphatic heterocycles. The minimum absolute atomic E-state index is 0.189. The summed E-state index contributed by atoms with van der Waals surface area (Å²) in [4.78, 5) is 11.7. The topological polar surface area (TPSA) is 61.4 Å². The van der Waals surface area contributed by atoms with Crippen molar-refractivity contribution in [2.75, 3.05) is 5.32 Å². The Morgan fingerprint density at radius 3 is 2.40 bits per heavy atom. The number of urea groups is 1. The molecular weight excluding hydrogens is 299 g/mol. The van der Waals surface area contributed by atoms with E-state index in [-0.39, 0.29) is 11.8 Å². The molecule has 4 nitrogen and oxygen atoms in total. The Labute approximate surface area is 126 Å². The minimum atomic E-state index is -0.350. The lowest BCUT2D eigenvalue weighted by Gasteiger charge is -2.08. The number of hydrogen-bond acceptors (Lipinski definition) is 2. The van der Waals surface area contributed by atoms with Crippen molar-refractivity contribution < 1.29 is 9.90 Å². The zero-order valence-corrected chi connectivity index (χ0v) is 11.9. The fourth-order valence-electron chi connectivity index (χ4n) is 1.55. The summed E-state index contributed by atoms with van der Waals surface area (Å²) in [5, 5.41) is 15.3. The van der Waals surface area contributed by atoms with Gasteiger partial charge in [0.25, 0.3) is 0 Å². The fraction of sp³-hybridized carbons (Fsp3) is 0.0714. The van der Waals surface area contributed by atoms with Gasteiger partial charge in [0.15, 0.2) is 0 Å². The van der Waals surface area contributed by atoms with Crippen molar-refractivity contribution >= 4 is 34.9 Å². The normalized spacial score (nSPS) is 10.1. The number of phenolic OH excluding ortho intramolecular Hbond substituents is 1. The number of halogens is 2. The summed E-state index contributed by atoms with van der Waals surface area (Å²) in [7, 11) is 0. The molecule has 0 heterocycles. The molecule has 0 spiro atoms. The molecule has 2 rings (SSSR count). The number of aromatic hydroxyl groups is 1. The van der Waals surface area contributed by atoms with Gasteiger partial charge in [-0.15, -0.1) is 0 Å². The summed E-state index contributed by atoms with van der Waals surface area (Å²) in [5.74, 6) is 0.189. The summed E-state index contributed by atoms with van der Waals surface area (Å²) in [6, 6.07) is 11.1. The molecule has 0 unspecified atom stereocenters. The van der Waals surface area contributed by atoms with E-state index in [1.54, 1.807) is 42.5 Å². The van der Waals surface area contributed by atoms with Gasteiger partial charge in [0.1, 0.15) is 5.75 Å². The molecule has 2 aromatic carbocycles. The van der Waals surface area contributed by atoms with Crippen LogP contribution in [0.4, 0.5) is 10.5 Å². The van der Waals surface area contributed by atoms with Crippen LogP contribution in [0.15, 0.2) is 42.5 Å². The van der Waals surface area contributed by atoms with Crippen molar-refractivity contribution in [2.45, 2.75) is 6.54 Å². The molecule has 2 aromatic rings. The molecule has 0 saturated heterocycles. The Kier molecular flexibility index (Phi) is 4.71. The summed E-state index contributed by atoms with van der Waals surface area (Å²) < 4.78 is 0. The van der Waals surface area contributed by atoms with Gasteiger partial charge in [0.05, 0.1) is 10.0 Å². The molecular formula is C14H12Cl2N2O2. The third-order valence-corrected chi connectivity index (χ3v) is 3.31. The van der Waals surface area contributed by atoms with Crippen molar-refractivity contribution in [3.63, 3.8) is 0 Å². The third-order valence-electron chi connectivity index (χ3n) is 2.57. The first-order chi connectivity index (χ1) is 9.54. The summed E-state index contributed by atoms with van der Waals surface area (Å²) in [5.41, 5.74) is 1.44. The van der Waals surface area contributed by atoms with Gasteiger partial charge in [-0.05, 0) is 35.9 Å². The maximum atomic E-state index is 11.7. The van der Waals surface area contributed by atoms with Crippen LogP contribution in [0.5, 0.6) is 5.75 Å². The lowest BCUT2D eigenvalue weighted by Crippen LogP contribution is -2.28. The van der Waals surface area contributed by atoms with Crippen LogP contribution in [-0.4, -0.2) is 11.1 Å². The highest BCUT2D eigenvalue weighted by Gasteiger charge is 2.04. The quantitative estimate of drug-likeness (QED) is 0.801. The maximum absolute atomic E-state index is 11.7. The molecule has 0 atom stereocenters. The SMILES string of the molecule is O=C(NCc1ccc(O)cc1)Nc1ccc(Cl)c(Cl)c1. The third kappa shape index (κ3) is 4.05. The predicted molar refractivity (Wildman–Crippen MR) is 80.4 cm³/mol. The van der Waals surface area contributed by atoms with Crippen LogP contribution in [0.1, 0.15) is 5.56 Å². The number of nitrogens with one attached hydrogen (secondary N) is 2. The average Bonchev–Trinajstić information content (AvgIpc) is 2.42. The molecule has 2 amide bonds. The van der Waals surface area contributed by atoms with Gasteiger partial charge in [-0.25, -0.2) is 4.79 Å². The van der Waals surface area contributed by atoms with Gasteiger partial charge in [-0.1, -0.05) is 35.3 Å². The number of amides is 2. The minimum Gasteiger partial charge on any atom is -0.508 e. The Balaban J connectivity index is 1.89. The number of phenols is 1. The van der Waals surface area contributed by atoms with E-state index in [2.05, 4.69) is 10.6 Å². The number of carbonyl (C=O) groups excluding carboxylic acids is 1. The monoisotopic (exact) mass is 310 g/mol. The van der Waals surface area contributed by atoms with Crippen LogP contribution in [0.3, 0.4) is 0 Å². The van der Waals surface area contributed by atoms with E-state index < -0.39 is 0 Å². The Bertz CT molecular complexity index is 615. The standard InChI is InChI=1S/C14H12Cl2N2O2/c15-12-6-3-10(7-13(12)16)18-14(20)17-8-9-1-4-11(19)5-2-9/h1-7,19H,8H2,(H2,17,18,20). The second kappa shape index (κ2) is 6.50. The van der Waals surface area contributed by atoms with E-state index >= 15 is 0 Å². The molecule has 20 heavy (non-hydrogen) atoms. The smallest absolute Gasteiger partial charge is 0.319 e. The molecule has 0 aliphatic rings. The lowest BCUT2D eigenvalue weighted by atomic mass is 10.2. The molecule has 0 fully saturated rings. The molecule has 0 radical (unpaired) electrons. The molecule has 0 bridgehead atoms. The van der Waals surface area contributed by atoms with Gasteiger partial charge >= 0.3 is 6.03 Å². The van der Waals surface area contributed by atoms with Crippen LogP contribution in [-0.2, 0) is 6.54 Å². The summed E-state index contributed by atoms with van der Waals surface area (Å²) in [6.07, 6.45) is 0. The summed E-state index contributed by atoms with van der Waals surface area (Å²) >= 11 is 11.6. The molecule has 3 N–H and O–H groups in total. The van der Waals surface area contributed by atoms with Crippen LogP contribution >= 0.6 is 23.2 Å². The summed E-state index contributed by atoms with van der Waals surface area (Å²) in [6.45, 7) is 0.355. The van der Waals surface area contributed by atoms with Gasteiger partial charge < -0.3 is 15.7 Å².